The molecule has 0 amide bonds. The maximum atomic E-state index is 4.66. The fourth-order valence-corrected chi connectivity index (χ4v) is 2.31. The van der Waals surface area contributed by atoms with E-state index in [0.29, 0.717) is 0 Å². The predicted molar refractivity (Wildman–Crippen MR) is 48.1 cm³/mol. The lowest BCUT2D eigenvalue weighted by Crippen LogP contribution is -2.18. The molecule has 1 nitrogen and oxygen atoms in total. The van der Waals surface area contributed by atoms with Crippen LogP contribution in [-0.2, 0) is 0 Å². The van der Waals surface area contributed by atoms with Crippen molar-refractivity contribution >= 4 is 5.71 Å². The van der Waals surface area contributed by atoms with E-state index in [9.17, 15) is 0 Å². The molecule has 1 heteroatoms. The first-order chi connectivity index (χ1) is 5.47. The van der Waals surface area contributed by atoms with Crippen LogP contribution < -0.4 is 0 Å². The molecule has 1 atom stereocenters. The van der Waals surface area contributed by atoms with Crippen molar-refractivity contribution in [3.05, 3.63) is 0 Å². The summed E-state index contributed by atoms with van der Waals surface area (Å²) in [6.07, 6.45) is 9.76. The molecule has 0 N–H and O–H groups in total. The van der Waals surface area contributed by atoms with Crippen LogP contribution in [0.1, 0.15) is 44.9 Å². The van der Waals surface area contributed by atoms with E-state index >= 15 is 0 Å². The number of fused-ring (bicyclic) bond motifs is 1. The molecular weight excluding hydrogens is 134 g/mol. The second-order valence-electron chi connectivity index (χ2n) is 3.81. The summed E-state index contributed by atoms with van der Waals surface area (Å²) in [7, 11) is 0. The molecule has 0 spiro atoms. The lowest BCUT2D eigenvalue weighted by atomic mass is 9.84. The zero-order valence-electron chi connectivity index (χ0n) is 7.18. The van der Waals surface area contributed by atoms with Crippen LogP contribution in [0, 0.1) is 5.92 Å². The smallest absolute Gasteiger partial charge is 0.0388 e. The van der Waals surface area contributed by atoms with Crippen molar-refractivity contribution in [1.29, 1.82) is 0 Å². The van der Waals surface area contributed by atoms with Crippen LogP contribution in [0.25, 0.3) is 0 Å². The highest BCUT2D eigenvalue weighted by Gasteiger charge is 2.20. The summed E-state index contributed by atoms with van der Waals surface area (Å²) in [5, 5.41) is 0. The Morgan fingerprint density at radius 2 is 1.82 bits per heavy atom. The number of aliphatic imine (C=N–C) groups is 1. The Morgan fingerprint density at radius 1 is 1.00 bits per heavy atom. The highest BCUT2D eigenvalue weighted by molar-refractivity contribution is 5.87. The van der Waals surface area contributed by atoms with E-state index < -0.39 is 0 Å². The van der Waals surface area contributed by atoms with E-state index in [-0.39, 0.29) is 0 Å². The average Bonchev–Trinajstić information content (AvgIpc) is 2.28. The summed E-state index contributed by atoms with van der Waals surface area (Å²) in [6.45, 7) is 1.12. The summed E-state index contributed by atoms with van der Waals surface area (Å²) < 4.78 is 0. The first-order valence-electron chi connectivity index (χ1n) is 5.00. The van der Waals surface area contributed by atoms with Gasteiger partial charge in [-0.1, -0.05) is 12.8 Å². The number of hydrogen-bond donors (Lipinski definition) is 0. The minimum absolute atomic E-state index is 0.895. The van der Waals surface area contributed by atoms with Gasteiger partial charge in [0.25, 0.3) is 0 Å². The van der Waals surface area contributed by atoms with Crippen LogP contribution in [-0.4, -0.2) is 12.3 Å². The van der Waals surface area contributed by atoms with Crippen molar-refractivity contribution < 1.29 is 0 Å². The van der Waals surface area contributed by atoms with Crippen LogP contribution in [0.5, 0.6) is 0 Å². The third-order valence-corrected chi connectivity index (χ3v) is 2.98. The topological polar surface area (TPSA) is 12.4 Å². The summed E-state index contributed by atoms with van der Waals surface area (Å²) in [6, 6.07) is 0. The molecular formula is C10H17N. The highest BCUT2D eigenvalue weighted by atomic mass is 14.7. The summed E-state index contributed by atoms with van der Waals surface area (Å²) in [5.41, 5.74) is 1.56. The Morgan fingerprint density at radius 3 is 2.73 bits per heavy atom. The van der Waals surface area contributed by atoms with Gasteiger partial charge in [-0.05, 0) is 38.0 Å². The SMILES string of the molecule is C1CCC2CCCCC2=NC1. The van der Waals surface area contributed by atoms with Crippen molar-refractivity contribution in [1.82, 2.24) is 0 Å². The molecule has 2 aliphatic rings. The third kappa shape index (κ3) is 1.63. The minimum atomic E-state index is 0.895. The van der Waals surface area contributed by atoms with Gasteiger partial charge in [-0.3, -0.25) is 4.99 Å². The first kappa shape index (κ1) is 7.33. The molecule has 0 radical (unpaired) electrons. The maximum absolute atomic E-state index is 4.66. The molecule has 0 saturated heterocycles. The van der Waals surface area contributed by atoms with Gasteiger partial charge in [0.05, 0.1) is 0 Å². The molecule has 1 unspecified atom stereocenters. The zero-order chi connectivity index (χ0) is 7.52. The maximum Gasteiger partial charge on any atom is 0.0388 e. The lowest BCUT2D eigenvalue weighted by Gasteiger charge is -2.22. The number of rotatable bonds is 0. The second kappa shape index (κ2) is 3.38. The minimum Gasteiger partial charge on any atom is -0.294 e. The Bertz CT molecular complexity index is 160. The van der Waals surface area contributed by atoms with Gasteiger partial charge in [-0.2, -0.15) is 0 Å². The Hall–Kier alpha value is -0.330. The second-order valence-corrected chi connectivity index (χ2v) is 3.81. The lowest BCUT2D eigenvalue weighted by molar-refractivity contribution is 0.490. The van der Waals surface area contributed by atoms with Gasteiger partial charge in [0, 0.05) is 12.3 Å². The quantitative estimate of drug-likeness (QED) is 0.505. The Labute approximate surface area is 68.9 Å². The van der Waals surface area contributed by atoms with Crippen molar-refractivity contribution in [3.8, 4) is 0 Å². The molecule has 1 aliphatic carbocycles. The zero-order valence-corrected chi connectivity index (χ0v) is 7.18. The van der Waals surface area contributed by atoms with Gasteiger partial charge < -0.3 is 0 Å². The van der Waals surface area contributed by atoms with E-state index in [4.69, 9.17) is 0 Å². The molecule has 0 aromatic rings. The van der Waals surface area contributed by atoms with Gasteiger partial charge in [0.1, 0.15) is 0 Å². The van der Waals surface area contributed by atoms with Crippen molar-refractivity contribution in [3.63, 3.8) is 0 Å². The largest absolute Gasteiger partial charge is 0.294 e. The van der Waals surface area contributed by atoms with E-state index in [2.05, 4.69) is 4.99 Å². The van der Waals surface area contributed by atoms with Gasteiger partial charge in [0.2, 0.25) is 0 Å². The normalized spacial score (nSPS) is 32.0. The van der Waals surface area contributed by atoms with Crippen LogP contribution in [0.3, 0.4) is 0 Å². The molecule has 0 aromatic heterocycles. The molecule has 1 aliphatic heterocycles. The predicted octanol–water partition coefficient (Wildman–Crippen LogP) is 2.80. The monoisotopic (exact) mass is 151 g/mol. The summed E-state index contributed by atoms with van der Waals surface area (Å²) in [5.74, 6) is 0.895. The molecule has 1 heterocycles. The number of hydrogen-bond acceptors (Lipinski definition) is 1. The van der Waals surface area contributed by atoms with E-state index in [1.165, 1.54) is 44.9 Å². The van der Waals surface area contributed by atoms with Gasteiger partial charge in [0.15, 0.2) is 0 Å². The Balaban J connectivity index is 2.06. The van der Waals surface area contributed by atoms with Crippen LogP contribution >= 0.6 is 0 Å². The van der Waals surface area contributed by atoms with E-state index in [1.807, 2.05) is 0 Å². The molecule has 62 valence electrons. The van der Waals surface area contributed by atoms with Crippen molar-refractivity contribution in [2.45, 2.75) is 44.9 Å². The molecule has 0 aromatic carbocycles. The van der Waals surface area contributed by atoms with Gasteiger partial charge in [-0.25, -0.2) is 0 Å². The van der Waals surface area contributed by atoms with E-state index in [0.717, 1.165) is 12.5 Å². The molecule has 0 bridgehead atoms. The van der Waals surface area contributed by atoms with Gasteiger partial charge >= 0.3 is 0 Å². The van der Waals surface area contributed by atoms with Crippen LogP contribution in [0.15, 0.2) is 4.99 Å². The van der Waals surface area contributed by atoms with Crippen LogP contribution in [0.2, 0.25) is 0 Å². The Kier molecular flexibility index (Phi) is 2.25. The standard InChI is InChI=1S/C10H17N/c1-2-7-10-9(5-1)6-3-4-8-11-10/h9H,1-8H2. The average molecular weight is 151 g/mol. The van der Waals surface area contributed by atoms with Crippen molar-refractivity contribution in [2.24, 2.45) is 10.9 Å². The molecule has 1 saturated carbocycles. The highest BCUT2D eigenvalue weighted by Crippen LogP contribution is 2.27. The molecule has 1 fully saturated rings. The van der Waals surface area contributed by atoms with E-state index in [1.54, 1.807) is 5.71 Å². The fraction of sp³-hybridized carbons (Fsp3) is 0.900. The van der Waals surface area contributed by atoms with Crippen molar-refractivity contribution in [2.75, 3.05) is 6.54 Å². The molecule has 11 heavy (non-hydrogen) atoms. The summed E-state index contributed by atoms with van der Waals surface area (Å²) >= 11 is 0. The van der Waals surface area contributed by atoms with Crippen LogP contribution in [0.4, 0.5) is 0 Å². The van der Waals surface area contributed by atoms with Gasteiger partial charge in [-0.15, -0.1) is 0 Å². The first-order valence-corrected chi connectivity index (χ1v) is 5.00. The third-order valence-electron chi connectivity index (χ3n) is 2.98. The molecule has 2 rings (SSSR count). The fourth-order valence-electron chi connectivity index (χ4n) is 2.31. The summed E-state index contributed by atoms with van der Waals surface area (Å²) in [4.78, 5) is 4.66. The number of nitrogens with zero attached hydrogens (tertiary/aromatic N) is 1.